The van der Waals surface area contributed by atoms with Gasteiger partial charge >= 0.3 is 0 Å². The van der Waals surface area contributed by atoms with E-state index in [4.69, 9.17) is 5.73 Å². The molecular weight excluding hydrogens is 199 g/mol. The van der Waals surface area contributed by atoms with E-state index in [1.807, 2.05) is 13.0 Å². The Kier molecular flexibility index (Phi) is 2.21. The smallest absolute Gasteiger partial charge is 0.138 e. The minimum atomic E-state index is -0.256. The molecule has 0 saturated heterocycles. The van der Waals surface area contributed by atoms with Crippen molar-refractivity contribution in [3.63, 3.8) is 0 Å². The summed E-state index contributed by atoms with van der Waals surface area (Å²) in [5.41, 5.74) is 6.39. The van der Waals surface area contributed by atoms with E-state index in [-0.39, 0.29) is 5.82 Å². The van der Waals surface area contributed by atoms with Crippen LogP contribution >= 0.6 is 11.3 Å². The first kappa shape index (κ1) is 9.15. The average Bonchev–Trinajstić information content (AvgIpc) is 2.47. The van der Waals surface area contributed by atoms with Gasteiger partial charge in [0.2, 0.25) is 0 Å². The van der Waals surface area contributed by atoms with Gasteiger partial charge in [0.15, 0.2) is 0 Å². The topological polar surface area (TPSA) is 38.9 Å². The molecule has 0 radical (unpaired) electrons. The lowest BCUT2D eigenvalue weighted by molar-refractivity contribution is 0.628. The Hall–Kier alpha value is -1.42. The van der Waals surface area contributed by atoms with Gasteiger partial charge in [0, 0.05) is 10.4 Å². The number of aryl methyl sites for hydroxylation is 1. The molecule has 0 bridgehead atoms. The summed E-state index contributed by atoms with van der Waals surface area (Å²) in [6, 6.07) is 6.35. The van der Waals surface area contributed by atoms with Crippen molar-refractivity contribution in [2.75, 3.05) is 5.73 Å². The van der Waals surface area contributed by atoms with Crippen LogP contribution < -0.4 is 5.73 Å². The second-order valence-corrected chi connectivity index (χ2v) is 4.17. The van der Waals surface area contributed by atoms with Crippen LogP contribution in [0.5, 0.6) is 0 Å². The Morgan fingerprint density at radius 2 is 2.21 bits per heavy atom. The molecule has 1 aromatic heterocycles. The molecule has 72 valence electrons. The summed E-state index contributed by atoms with van der Waals surface area (Å²) in [5, 5.41) is 0.763. The number of hydrogen-bond acceptors (Lipinski definition) is 3. The van der Waals surface area contributed by atoms with Crippen LogP contribution in [0.25, 0.3) is 10.6 Å². The van der Waals surface area contributed by atoms with Crippen LogP contribution in [-0.2, 0) is 0 Å². The Balaban J connectivity index is 2.49. The normalized spacial score (nSPS) is 10.4. The first-order chi connectivity index (χ1) is 6.66. The lowest BCUT2D eigenvalue weighted by Gasteiger charge is -1.94. The number of anilines is 1. The van der Waals surface area contributed by atoms with Gasteiger partial charge in [-0.05, 0) is 19.1 Å². The molecule has 0 fully saturated rings. The molecule has 0 amide bonds. The van der Waals surface area contributed by atoms with Crippen LogP contribution in [0.3, 0.4) is 0 Å². The summed E-state index contributed by atoms with van der Waals surface area (Å²) in [5.74, 6) is 0.267. The zero-order valence-electron chi connectivity index (χ0n) is 7.62. The Labute approximate surface area is 85.2 Å². The van der Waals surface area contributed by atoms with Gasteiger partial charge in [-0.25, -0.2) is 9.37 Å². The predicted molar refractivity (Wildman–Crippen MR) is 56.7 cm³/mol. The molecule has 2 aromatic rings. The van der Waals surface area contributed by atoms with Crippen LogP contribution in [0.2, 0.25) is 0 Å². The third-order valence-electron chi connectivity index (χ3n) is 1.90. The number of nitrogen functional groups attached to an aromatic ring is 1. The molecule has 14 heavy (non-hydrogen) atoms. The molecule has 0 aliphatic rings. The van der Waals surface area contributed by atoms with Gasteiger partial charge in [-0.2, -0.15) is 0 Å². The highest BCUT2D eigenvalue weighted by molar-refractivity contribution is 7.15. The third kappa shape index (κ3) is 1.61. The number of hydrogen-bond donors (Lipinski definition) is 1. The minimum Gasteiger partial charge on any atom is -0.383 e. The fourth-order valence-corrected chi connectivity index (χ4v) is 1.98. The van der Waals surface area contributed by atoms with Crippen molar-refractivity contribution < 1.29 is 4.39 Å². The molecule has 0 aliphatic carbocycles. The Morgan fingerprint density at radius 3 is 2.79 bits per heavy atom. The fraction of sp³-hybridized carbons (Fsp3) is 0.100. The summed E-state index contributed by atoms with van der Waals surface area (Å²) < 4.78 is 12.9. The number of nitrogens with zero attached hydrogens (tertiary/aromatic N) is 1. The Bertz CT molecular complexity index is 445. The highest BCUT2D eigenvalue weighted by atomic mass is 32.1. The van der Waals surface area contributed by atoms with Gasteiger partial charge in [-0.3, -0.25) is 0 Å². The first-order valence-electron chi connectivity index (χ1n) is 4.15. The summed E-state index contributed by atoms with van der Waals surface area (Å²) >= 11 is 1.47. The van der Waals surface area contributed by atoms with Crippen LogP contribution in [0, 0.1) is 12.7 Å². The largest absolute Gasteiger partial charge is 0.383 e. The molecule has 1 aromatic carbocycles. The molecule has 2 rings (SSSR count). The van der Waals surface area contributed by atoms with E-state index in [2.05, 4.69) is 4.98 Å². The number of benzene rings is 1. The van der Waals surface area contributed by atoms with E-state index in [1.165, 1.54) is 23.5 Å². The van der Waals surface area contributed by atoms with Gasteiger partial charge in [0.1, 0.15) is 16.6 Å². The maximum atomic E-state index is 12.9. The highest BCUT2D eigenvalue weighted by Crippen LogP contribution is 2.28. The number of nitrogens with two attached hydrogens (primary N) is 1. The Morgan fingerprint density at radius 1 is 1.43 bits per heavy atom. The highest BCUT2D eigenvalue weighted by Gasteiger charge is 2.06. The summed E-state index contributed by atoms with van der Waals surface area (Å²) in [7, 11) is 0. The van der Waals surface area contributed by atoms with Crippen molar-refractivity contribution in [3.05, 3.63) is 35.0 Å². The minimum absolute atomic E-state index is 0.256. The van der Waals surface area contributed by atoms with E-state index in [0.717, 1.165) is 15.4 Å². The first-order valence-corrected chi connectivity index (χ1v) is 4.97. The maximum absolute atomic E-state index is 12.9. The van der Waals surface area contributed by atoms with E-state index in [9.17, 15) is 4.39 Å². The molecule has 0 aliphatic heterocycles. The maximum Gasteiger partial charge on any atom is 0.138 e. The summed E-state index contributed by atoms with van der Waals surface area (Å²) in [6.07, 6.45) is 0. The number of thiazole rings is 1. The monoisotopic (exact) mass is 208 g/mol. The zero-order valence-corrected chi connectivity index (χ0v) is 8.44. The summed E-state index contributed by atoms with van der Waals surface area (Å²) in [4.78, 5) is 5.11. The molecule has 2 nitrogen and oxygen atoms in total. The van der Waals surface area contributed by atoms with Crippen molar-refractivity contribution in [2.24, 2.45) is 0 Å². The van der Waals surface area contributed by atoms with E-state index in [0.29, 0.717) is 5.82 Å². The molecule has 0 unspecified atom stereocenters. The lowest BCUT2D eigenvalue weighted by Crippen LogP contribution is -1.86. The van der Waals surface area contributed by atoms with Crippen molar-refractivity contribution in [1.29, 1.82) is 0 Å². The predicted octanol–water partition coefficient (Wildman–Crippen LogP) is 2.84. The van der Waals surface area contributed by atoms with Gasteiger partial charge in [-0.15, -0.1) is 11.3 Å². The van der Waals surface area contributed by atoms with Crippen molar-refractivity contribution >= 4 is 17.2 Å². The van der Waals surface area contributed by atoms with Crippen LogP contribution in [0.15, 0.2) is 24.3 Å². The van der Waals surface area contributed by atoms with Crippen molar-refractivity contribution in [3.8, 4) is 10.6 Å². The average molecular weight is 208 g/mol. The van der Waals surface area contributed by atoms with Gasteiger partial charge < -0.3 is 5.73 Å². The zero-order chi connectivity index (χ0) is 10.1. The molecule has 0 spiro atoms. The molecule has 0 saturated carbocycles. The summed E-state index contributed by atoms with van der Waals surface area (Å²) in [6.45, 7) is 1.90. The molecule has 1 heterocycles. The van der Waals surface area contributed by atoms with Crippen molar-refractivity contribution in [1.82, 2.24) is 4.98 Å². The number of aromatic nitrogens is 1. The molecule has 2 N–H and O–H groups in total. The lowest BCUT2D eigenvalue weighted by atomic mass is 10.2. The van der Waals surface area contributed by atoms with E-state index >= 15 is 0 Å². The molecule has 4 heteroatoms. The van der Waals surface area contributed by atoms with E-state index < -0.39 is 0 Å². The van der Waals surface area contributed by atoms with Crippen LogP contribution in [-0.4, -0.2) is 4.98 Å². The van der Waals surface area contributed by atoms with E-state index in [1.54, 1.807) is 6.07 Å². The fourth-order valence-electron chi connectivity index (χ4n) is 1.15. The van der Waals surface area contributed by atoms with Crippen LogP contribution in [0.4, 0.5) is 10.2 Å². The SMILES string of the molecule is Cc1sc(-c2cccc(F)c2)nc1N. The quantitative estimate of drug-likeness (QED) is 0.782. The third-order valence-corrected chi connectivity index (χ3v) is 2.94. The second kappa shape index (κ2) is 3.38. The van der Waals surface area contributed by atoms with Crippen LogP contribution in [0.1, 0.15) is 4.88 Å². The van der Waals surface area contributed by atoms with Gasteiger partial charge in [0.25, 0.3) is 0 Å². The van der Waals surface area contributed by atoms with Gasteiger partial charge in [0.05, 0.1) is 0 Å². The molecular formula is C10H9FN2S. The van der Waals surface area contributed by atoms with Gasteiger partial charge in [-0.1, -0.05) is 12.1 Å². The number of rotatable bonds is 1. The van der Waals surface area contributed by atoms with Crippen molar-refractivity contribution in [2.45, 2.75) is 6.92 Å². The molecule has 0 atom stereocenters. The number of halogens is 1. The second-order valence-electron chi connectivity index (χ2n) is 2.97. The standard InChI is InChI=1S/C10H9FN2S/c1-6-9(12)13-10(14-6)7-3-2-4-8(11)5-7/h2-5H,12H2,1H3.